The maximum Gasteiger partial charge on any atom is 0.253 e. The highest BCUT2D eigenvalue weighted by atomic mass is 79.9. The van der Waals surface area contributed by atoms with E-state index in [1.165, 1.54) is 24.2 Å². The lowest BCUT2D eigenvalue weighted by molar-refractivity contribution is 0.0944. The van der Waals surface area contributed by atoms with Crippen molar-refractivity contribution < 1.29 is 4.79 Å². The summed E-state index contributed by atoms with van der Waals surface area (Å²) < 4.78 is 1.01. The maximum absolute atomic E-state index is 11.9. The van der Waals surface area contributed by atoms with Crippen molar-refractivity contribution in [3.63, 3.8) is 0 Å². The van der Waals surface area contributed by atoms with Gasteiger partial charge in [-0.3, -0.25) is 4.79 Å². The first-order chi connectivity index (χ1) is 8.56. The van der Waals surface area contributed by atoms with Crippen LogP contribution in [-0.4, -0.2) is 17.3 Å². The van der Waals surface area contributed by atoms with E-state index in [2.05, 4.69) is 21.2 Å². The van der Waals surface area contributed by atoms with Gasteiger partial charge in [-0.05, 0) is 37.7 Å². The highest BCUT2D eigenvalue weighted by Gasteiger charge is 2.20. The van der Waals surface area contributed by atoms with E-state index in [-0.39, 0.29) is 5.91 Å². The van der Waals surface area contributed by atoms with Crippen LogP contribution >= 0.6 is 50.5 Å². The van der Waals surface area contributed by atoms with Gasteiger partial charge < -0.3 is 5.32 Å². The summed E-state index contributed by atoms with van der Waals surface area (Å²) >= 11 is 16.6. The lowest BCUT2D eigenvalue weighted by Crippen LogP contribution is -2.31. The summed E-state index contributed by atoms with van der Waals surface area (Å²) in [5.74, 6) is 0.458. The van der Waals surface area contributed by atoms with Crippen LogP contribution in [0.3, 0.4) is 0 Å². The van der Waals surface area contributed by atoms with Gasteiger partial charge in [0.25, 0.3) is 5.91 Å². The molecule has 1 heterocycles. The number of amides is 1. The van der Waals surface area contributed by atoms with Gasteiger partial charge in [0.05, 0.1) is 9.90 Å². The fraction of sp³-hybridized carbons (Fsp3) is 0.583. The third-order valence-electron chi connectivity index (χ3n) is 3.23. The molecule has 18 heavy (non-hydrogen) atoms. The first-order valence-electron chi connectivity index (χ1n) is 5.93. The summed E-state index contributed by atoms with van der Waals surface area (Å²) in [7, 11) is 0. The molecule has 1 aliphatic rings. The molecule has 2 rings (SSSR count). The minimum Gasteiger partial charge on any atom is -0.352 e. The Morgan fingerprint density at radius 3 is 2.61 bits per heavy atom. The monoisotopic (exact) mass is 369 g/mol. The Labute approximate surface area is 129 Å². The van der Waals surface area contributed by atoms with Crippen LogP contribution in [0.5, 0.6) is 0 Å². The molecule has 100 valence electrons. The molecule has 1 N–H and O–H groups in total. The Morgan fingerprint density at radius 1 is 1.39 bits per heavy atom. The second kappa shape index (κ2) is 6.60. The number of nitrogens with one attached hydrogen (secondary N) is 1. The van der Waals surface area contributed by atoms with E-state index in [0.29, 0.717) is 25.0 Å². The number of halogens is 3. The standard InChI is InChI=1S/C12H14BrCl2NOS/c13-8-3-1-7(2-4-8)6-16-12(17)9-5-10(14)18-11(9)15/h5,7-8H,1-4,6H2,(H,16,17). The molecule has 0 aromatic carbocycles. The Morgan fingerprint density at radius 2 is 2.06 bits per heavy atom. The molecule has 1 aliphatic carbocycles. The third kappa shape index (κ3) is 3.86. The quantitative estimate of drug-likeness (QED) is 0.765. The van der Waals surface area contributed by atoms with E-state index >= 15 is 0 Å². The van der Waals surface area contributed by atoms with Crippen molar-refractivity contribution in [3.8, 4) is 0 Å². The highest BCUT2D eigenvalue weighted by Crippen LogP contribution is 2.31. The van der Waals surface area contributed by atoms with Crippen molar-refractivity contribution in [2.75, 3.05) is 6.54 Å². The molecule has 0 aliphatic heterocycles. The molecule has 1 amide bonds. The first-order valence-corrected chi connectivity index (χ1v) is 8.42. The Bertz CT molecular complexity index is 430. The topological polar surface area (TPSA) is 29.1 Å². The van der Waals surface area contributed by atoms with Crippen molar-refractivity contribution in [2.24, 2.45) is 5.92 Å². The number of hydrogen-bond acceptors (Lipinski definition) is 2. The lowest BCUT2D eigenvalue weighted by atomic mass is 9.89. The molecule has 2 nitrogen and oxygen atoms in total. The van der Waals surface area contributed by atoms with Gasteiger partial charge in [-0.25, -0.2) is 0 Å². The smallest absolute Gasteiger partial charge is 0.253 e. The number of carbonyl (C=O) groups excluding carboxylic acids is 1. The molecule has 1 aromatic heterocycles. The molecule has 0 unspecified atom stereocenters. The van der Waals surface area contributed by atoms with Crippen LogP contribution < -0.4 is 5.32 Å². The number of alkyl halides is 1. The van der Waals surface area contributed by atoms with Gasteiger partial charge >= 0.3 is 0 Å². The summed E-state index contributed by atoms with van der Waals surface area (Å²) in [4.78, 5) is 12.6. The summed E-state index contributed by atoms with van der Waals surface area (Å²) in [5.41, 5.74) is 0.487. The molecule has 0 spiro atoms. The van der Waals surface area contributed by atoms with E-state index in [9.17, 15) is 4.79 Å². The minimum absolute atomic E-state index is 0.121. The van der Waals surface area contributed by atoms with Crippen molar-refractivity contribution in [1.82, 2.24) is 5.32 Å². The normalized spacial score (nSPS) is 23.9. The zero-order chi connectivity index (χ0) is 13.1. The van der Waals surface area contributed by atoms with Crippen LogP contribution in [0.2, 0.25) is 8.67 Å². The van der Waals surface area contributed by atoms with Crippen LogP contribution in [0.1, 0.15) is 36.0 Å². The number of rotatable bonds is 3. The minimum atomic E-state index is -0.121. The predicted octanol–water partition coefficient (Wildman–Crippen LogP) is 4.74. The summed E-state index contributed by atoms with van der Waals surface area (Å²) in [6.07, 6.45) is 4.69. The van der Waals surface area contributed by atoms with Gasteiger partial charge in [0.2, 0.25) is 0 Å². The van der Waals surface area contributed by atoms with E-state index in [0.717, 1.165) is 19.4 Å². The largest absolute Gasteiger partial charge is 0.352 e. The molecule has 6 heteroatoms. The van der Waals surface area contributed by atoms with Crippen molar-refractivity contribution in [3.05, 3.63) is 20.3 Å². The van der Waals surface area contributed by atoms with Crippen molar-refractivity contribution >= 4 is 56.4 Å². The fourth-order valence-electron chi connectivity index (χ4n) is 2.15. The summed E-state index contributed by atoms with van der Waals surface area (Å²) in [5, 5.41) is 2.95. The molecule has 0 bridgehead atoms. The van der Waals surface area contributed by atoms with Crippen LogP contribution in [-0.2, 0) is 0 Å². The Hall–Kier alpha value is 0.230. The fourth-order valence-corrected chi connectivity index (χ4v) is 4.14. The second-order valence-electron chi connectivity index (χ2n) is 4.57. The second-order valence-corrected chi connectivity index (χ2v) is 8.15. The van der Waals surface area contributed by atoms with Gasteiger partial charge in [-0.1, -0.05) is 39.1 Å². The summed E-state index contributed by atoms with van der Waals surface area (Å²) in [6.45, 7) is 0.725. The molecule has 1 fully saturated rings. The van der Waals surface area contributed by atoms with E-state index < -0.39 is 0 Å². The molecular formula is C12H14BrCl2NOS. The van der Waals surface area contributed by atoms with Gasteiger partial charge in [0.1, 0.15) is 4.34 Å². The van der Waals surface area contributed by atoms with Gasteiger partial charge in [-0.15, -0.1) is 11.3 Å². The van der Waals surface area contributed by atoms with Crippen LogP contribution in [0.25, 0.3) is 0 Å². The molecular weight excluding hydrogens is 357 g/mol. The zero-order valence-corrected chi connectivity index (χ0v) is 13.6. The number of thiophene rings is 1. The van der Waals surface area contributed by atoms with E-state index in [4.69, 9.17) is 23.2 Å². The molecule has 0 saturated heterocycles. The third-order valence-corrected chi connectivity index (χ3v) is 5.63. The number of carbonyl (C=O) groups is 1. The van der Waals surface area contributed by atoms with Crippen LogP contribution in [0.4, 0.5) is 0 Å². The number of hydrogen-bond donors (Lipinski definition) is 1. The van der Waals surface area contributed by atoms with E-state index in [1.54, 1.807) is 6.07 Å². The molecule has 1 saturated carbocycles. The van der Waals surface area contributed by atoms with Crippen LogP contribution in [0, 0.1) is 5.92 Å². The molecule has 0 atom stereocenters. The average Bonchev–Trinajstić information content (AvgIpc) is 2.67. The first kappa shape index (κ1) is 14.6. The van der Waals surface area contributed by atoms with Crippen molar-refractivity contribution in [2.45, 2.75) is 30.5 Å². The van der Waals surface area contributed by atoms with Crippen molar-refractivity contribution in [1.29, 1.82) is 0 Å². The highest BCUT2D eigenvalue weighted by molar-refractivity contribution is 9.09. The Balaban J connectivity index is 1.83. The zero-order valence-electron chi connectivity index (χ0n) is 9.72. The maximum atomic E-state index is 11.9. The average molecular weight is 371 g/mol. The van der Waals surface area contributed by atoms with Crippen LogP contribution in [0.15, 0.2) is 6.07 Å². The van der Waals surface area contributed by atoms with Gasteiger partial charge in [0.15, 0.2) is 0 Å². The van der Waals surface area contributed by atoms with Gasteiger partial charge in [-0.2, -0.15) is 0 Å². The van der Waals surface area contributed by atoms with Gasteiger partial charge in [0, 0.05) is 11.4 Å². The van der Waals surface area contributed by atoms with E-state index in [1.807, 2.05) is 0 Å². The molecule has 0 radical (unpaired) electrons. The predicted molar refractivity (Wildman–Crippen MR) is 81.3 cm³/mol. The lowest BCUT2D eigenvalue weighted by Gasteiger charge is -2.25. The Kier molecular flexibility index (Phi) is 5.36. The molecule has 1 aromatic rings. The summed E-state index contributed by atoms with van der Waals surface area (Å²) in [6, 6.07) is 1.62. The SMILES string of the molecule is O=C(NCC1CCC(Br)CC1)c1cc(Cl)sc1Cl.